The monoisotopic (exact) mass is 1130 g/mol. The molecule has 0 aliphatic carbocycles. The van der Waals surface area contributed by atoms with Crippen molar-refractivity contribution in [2.75, 3.05) is 67.1 Å². The highest BCUT2D eigenvalue weighted by molar-refractivity contribution is 5.75. The maximum absolute atomic E-state index is 10.6. The predicted molar refractivity (Wildman–Crippen MR) is 321 cm³/mol. The molecule has 4 unspecified atom stereocenters. The SMILES string of the molecule is C#CC[N+]1(C)CCC(CCCCCCCCCOc2ccc(/C=C/C=O)cc2)O1.CN1CCC(CCCCCCCCCOc2ccc(/C=C/C=O)cc2)O1.CN1CCC(CCCCCCCCCOc2ccc(C=O)cc2)O1.[Cl-]. The number of halogens is 1. The number of unbranched alkanes of at least 4 members (excludes halogenated alkanes) is 18. The number of carbonyl (C=O) groups excluding carboxylic acids is 3. The van der Waals surface area contributed by atoms with Gasteiger partial charge in [-0.2, -0.15) is 19.6 Å². The Kier molecular flexibility index (Phi) is 38.9. The number of benzene rings is 3. The summed E-state index contributed by atoms with van der Waals surface area (Å²) in [7, 11) is 6.13. The van der Waals surface area contributed by atoms with Crippen LogP contribution in [0.4, 0.5) is 0 Å². The number of hydroxylamine groups is 7. The van der Waals surface area contributed by atoms with E-state index in [1.54, 1.807) is 24.3 Å². The van der Waals surface area contributed by atoms with Crippen molar-refractivity contribution in [1.82, 2.24) is 10.1 Å². The number of nitrogens with zero attached hydrogens (tertiary/aromatic N) is 3. The highest BCUT2D eigenvalue weighted by atomic mass is 35.5. The lowest BCUT2D eigenvalue weighted by Crippen LogP contribution is -3.00. The van der Waals surface area contributed by atoms with Gasteiger partial charge < -0.3 is 26.6 Å². The highest BCUT2D eigenvalue weighted by Gasteiger charge is 2.35. The van der Waals surface area contributed by atoms with Crippen LogP contribution in [0.1, 0.15) is 195 Å². The maximum Gasteiger partial charge on any atom is 0.170 e. The summed E-state index contributed by atoms with van der Waals surface area (Å²) in [4.78, 5) is 48.7. The molecule has 0 radical (unpaired) electrons. The number of aldehydes is 3. The average Bonchev–Trinajstić information content (AvgIpc) is 4.20. The zero-order chi connectivity index (χ0) is 56.3. The van der Waals surface area contributed by atoms with Crippen molar-refractivity contribution in [2.24, 2.45) is 0 Å². The number of hydrogen-bond donors (Lipinski definition) is 0. The quantitative estimate of drug-likeness (QED) is 0.0179. The predicted octanol–water partition coefficient (Wildman–Crippen LogP) is 11.9. The van der Waals surface area contributed by atoms with Gasteiger partial charge in [-0.15, -0.1) is 6.42 Å². The van der Waals surface area contributed by atoms with E-state index in [9.17, 15) is 14.4 Å². The molecule has 3 saturated heterocycles. The van der Waals surface area contributed by atoms with Crippen molar-refractivity contribution in [3.05, 3.63) is 102 Å². The molecule has 3 aliphatic rings. The van der Waals surface area contributed by atoms with E-state index < -0.39 is 0 Å². The van der Waals surface area contributed by atoms with E-state index >= 15 is 0 Å². The Bertz CT molecular complexity index is 2130. The second-order valence-corrected chi connectivity index (χ2v) is 21.8. The smallest absolute Gasteiger partial charge is 0.170 e. The van der Waals surface area contributed by atoms with Gasteiger partial charge in [0.25, 0.3) is 0 Å². The number of hydrogen-bond acceptors (Lipinski definition) is 11. The van der Waals surface area contributed by atoms with Gasteiger partial charge in [-0.25, -0.2) is 0 Å². The topological polar surface area (TPSA) is 113 Å². The lowest BCUT2D eigenvalue weighted by Gasteiger charge is -2.23. The Morgan fingerprint density at radius 1 is 0.500 bits per heavy atom. The van der Waals surface area contributed by atoms with E-state index in [1.165, 1.54) is 153 Å². The second-order valence-electron chi connectivity index (χ2n) is 21.8. The third-order valence-electron chi connectivity index (χ3n) is 14.8. The first-order valence-electron chi connectivity index (χ1n) is 30.3. The lowest BCUT2D eigenvalue weighted by atomic mass is 10.1. The van der Waals surface area contributed by atoms with E-state index in [2.05, 4.69) is 13.0 Å². The van der Waals surface area contributed by atoms with Crippen LogP contribution in [0.15, 0.2) is 84.9 Å². The van der Waals surface area contributed by atoms with Gasteiger partial charge in [-0.1, -0.05) is 152 Å². The van der Waals surface area contributed by atoms with Crippen molar-refractivity contribution < 1.29 is 60.2 Å². The van der Waals surface area contributed by atoms with Gasteiger partial charge in [0.1, 0.15) is 48.8 Å². The Morgan fingerprint density at radius 2 is 0.838 bits per heavy atom. The molecule has 0 amide bonds. The van der Waals surface area contributed by atoms with Crippen molar-refractivity contribution >= 4 is 31.0 Å². The normalized spacial score (nSPS) is 18.9. The molecule has 3 aromatic rings. The van der Waals surface area contributed by atoms with Crippen LogP contribution in [0.5, 0.6) is 17.2 Å². The van der Waals surface area contributed by atoms with E-state index in [-0.39, 0.29) is 12.4 Å². The van der Waals surface area contributed by atoms with Gasteiger partial charge in [-0.3, -0.25) is 24.1 Å². The van der Waals surface area contributed by atoms with Crippen molar-refractivity contribution in [3.8, 4) is 29.6 Å². The number of carbonyl (C=O) groups is 3. The standard InChI is InChI=1S/C25H36NO3.C22H33NO3.C20H31NO3.ClH/c1-3-19-26(2)20-18-25(29-26)13-9-7-5-4-6-8-10-22-28-24-16-14-23(15-17-24)12-11-21-27;1-23-17-16-22(26-23)11-7-5-3-2-4-6-8-19-25-21-14-12-20(13-15-21)10-9-18-24;1-21-15-14-20(24-21)9-7-5-3-2-4-6-8-16-23-19-12-10-18(17-22)11-13-19;/h1,11-12,14-17,21,25H,4-10,13,18-20,22H2,2H3;9-10,12-15,18,22H,2-8,11,16-17,19H2,1H3;10-13,17,20H,2-9,14-16H2,1H3;1H/q+1;;;/p-1/b12-11+;10-9+;;. The fourth-order valence-corrected chi connectivity index (χ4v) is 10.1. The van der Waals surface area contributed by atoms with E-state index in [0.717, 1.165) is 119 Å². The molecule has 0 saturated carbocycles. The largest absolute Gasteiger partial charge is 1.00 e. The summed E-state index contributed by atoms with van der Waals surface area (Å²) >= 11 is 0. The minimum absolute atomic E-state index is 0. The fraction of sp³-hybridized carbons (Fsp3) is 0.597. The van der Waals surface area contributed by atoms with Crippen LogP contribution in [0.25, 0.3) is 12.2 Å². The van der Waals surface area contributed by atoms with E-state index in [0.29, 0.717) is 35.1 Å². The zero-order valence-corrected chi connectivity index (χ0v) is 50.0. The summed E-state index contributed by atoms with van der Waals surface area (Å²) in [6.07, 6.45) is 49.3. The highest BCUT2D eigenvalue weighted by Crippen LogP contribution is 2.25. The van der Waals surface area contributed by atoms with Crippen LogP contribution in [-0.4, -0.2) is 119 Å². The number of ether oxygens (including phenoxy) is 3. The summed E-state index contributed by atoms with van der Waals surface area (Å²) in [6.45, 7) is 6.16. The molecular formula is C67H100ClN3O9. The van der Waals surface area contributed by atoms with Crippen molar-refractivity contribution in [2.45, 2.75) is 192 Å². The third-order valence-corrected chi connectivity index (χ3v) is 14.8. The molecule has 444 valence electrons. The summed E-state index contributed by atoms with van der Waals surface area (Å²) in [5.41, 5.74) is 2.70. The minimum atomic E-state index is 0. The Labute approximate surface area is 489 Å². The molecule has 3 aromatic carbocycles. The minimum Gasteiger partial charge on any atom is -1.00 e. The second kappa shape index (κ2) is 44.8. The van der Waals surface area contributed by atoms with Crippen LogP contribution in [0, 0.1) is 12.3 Å². The van der Waals surface area contributed by atoms with Gasteiger partial charge in [0, 0.05) is 39.2 Å². The molecule has 80 heavy (non-hydrogen) atoms. The van der Waals surface area contributed by atoms with Gasteiger partial charge in [0.15, 0.2) is 6.54 Å². The van der Waals surface area contributed by atoms with Gasteiger partial charge in [0.2, 0.25) is 0 Å². The average molecular weight is 1130 g/mol. The van der Waals surface area contributed by atoms with Crippen LogP contribution in [0.3, 0.4) is 0 Å². The summed E-state index contributed by atoms with van der Waals surface area (Å²) < 4.78 is 17.8. The first-order chi connectivity index (χ1) is 38.7. The molecule has 3 heterocycles. The maximum atomic E-state index is 10.6. The molecule has 12 nitrogen and oxygen atoms in total. The molecule has 0 aromatic heterocycles. The first kappa shape index (κ1) is 69.4. The lowest BCUT2D eigenvalue weighted by molar-refractivity contribution is -1.07. The van der Waals surface area contributed by atoms with E-state index in [4.69, 9.17) is 35.1 Å². The molecule has 0 N–H and O–H groups in total. The Hall–Kier alpha value is -4.84. The van der Waals surface area contributed by atoms with Gasteiger partial charge >= 0.3 is 0 Å². The molecule has 3 aliphatic heterocycles. The van der Waals surface area contributed by atoms with Crippen LogP contribution < -0.4 is 26.6 Å². The molecule has 6 rings (SSSR count). The van der Waals surface area contributed by atoms with Crippen LogP contribution in [0.2, 0.25) is 0 Å². The third kappa shape index (κ3) is 33.2. The fourth-order valence-electron chi connectivity index (χ4n) is 10.1. The molecule has 13 heteroatoms. The number of allylic oxidation sites excluding steroid dienone is 2. The molecular weight excluding hydrogens is 1030 g/mol. The van der Waals surface area contributed by atoms with Crippen LogP contribution in [-0.2, 0) is 24.1 Å². The zero-order valence-electron chi connectivity index (χ0n) is 49.2. The van der Waals surface area contributed by atoms with Crippen LogP contribution >= 0.6 is 0 Å². The number of rotatable bonds is 39. The molecule has 3 fully saturated rings. The molecule has 0 bridgehead atoms. The first-order valence-corrected chi connectivity index (χ1v) is 30.3. The van der Waals surface area contributed by atoms with Crippen molar-refractivity contribution in [1.29, 1.82) is 0 Å². The summed E-state index contributed by atoms with van der Waals surface area (Å²) in [5.74, 6) is 5.35. The Balaban J connectivity index is 0.000000315. The number of quaternary nitrogens is 1. The van der Waals surface area contributed by atoms with Crippen molar-refractivity contribution in [3.63, 3.8) is 0 Å². The molecule has 0 spiro atoms. The summed E-state index contributed by atoms with van der Waals surface area (Å²) in [5, 5.41) is 3.93. The number of terminal acetylenes is 1. The van der Waals surface area contributed by atoms with Gasteiger partial charge in [0.05, 0.1) is 39.1 Å². The summed E-state index contributed by atoms with van der Waals surface area (Å²) in [6, 6.07) is 22.9. The Morgan fingerprint density at radius 3 is 1.16 bits per heavy atom. The van der Waals surface area contributed by atoms with Gasteiger partial charge in [-0.05, 0) is 129 Å². The van der Waals surface area contributed by atoms with E-state index in [1.807, 2.05) is 84.9 Å². The molecule has 4 atom stereocenters.